The van der Waals surface area contributed by atoms with E-state index in [-0.39, 0.29) is 11.9 Å². The van der Waals surface area contributed by atoms with Crippen LogP contribution in [0.15, 0.2) is 36.4 Å². The summed E-state index contributed by atoms with van der Waals surface area (Å²) >= 11 is 0. The number of hydrogen-bond acceptors (Lipinski definition) is 3. The second-order valence-electron chi connectivity index (χ2n) is 7.03. The maximum absolute atomic E-state index is 12.7. The van der Waals surface area contributed by atoms with E-state index < -0.39 is 0 Å². The van der Waals surface area contributed by atoms with Crippen LogP contribution in [0.2, 0.25) is 0 Å². The molecule has 0 spiro atoms. The van der Waals surface area contributed by atoms with Crippen LogP contribution in [0.4, 0.5) is 0 Å². The van der Waals surface area contributed by atoms with Crippen molar-refractivity contribution in [2.75, 3.05) is 7.05 Å². The lowest BCUT2D eigenvalue weighted by molar-refractivity contribution is -0.131. The molecule has 6 heteroatoms. The van der Waals surface area contributed by atoms with Crippen LogP contribution in [-0.4, -0.2) is 37.8 Å². The molecule has 0 saturated heterocycles. The van der Waals surface area contributed by atoms with Crippen molar-refractivity contribution in [3.63, 3.8) is 0 Å². The molecule has 0 unspecified atom stereocenters. The van der Waals surface area contributed by atoms with Gasteiger partial charge in [0.25, 0.3) is 0 Å². The lowest BCUT2D eigenvalue weighted by Crippen LogP contribution is -2.30. The van der Waals surface area contributed by atoms with Gasteiger partial charge in [-0.2, -0.15) is 10.2 Å². The molecule has 1 aromatic carbocycles. The van der Waals surface area contributed by atoms with E-state index in [1.54, 1.807) is 4.90 Å². The number of aromatic nitrogens is 4. The Bertz CT molecular complexity index is 925. The number of aromatic amines is 1. The smallest absolute Gasteiger partial charge is 0.223 e. The van der Waals surface area contributed by atoms with Crippen LogP contribution in [0.1, 0.15) is 42.0 Å². The SMILES string of the molecule is Cc1nn(C)c(C)c1CCC(=O)N(C)[C@H](C)c1cc(-c2ccccc2)n[nH]1. The fourth-order valence-electron chi connectivity index (χ4n) is 3.32. The summed E-state index contributed by atoms with van der Waals surface area (Å²) in [6.45, 7) is 6.05. The van der Waals surface area contributed by atoms with Crippen LogP contribution in [0.25, 0.3) is 11.3 Å². The lowest BCUT2D eigenvalue weighted by Gasteiger charge is -2.24. The molecule has 0 radical (unpaired) electrons. The van der Waals surface area contributed by atoms with E-state index in [1.165, 1.54) is 5.56 Å². The van der Waals surface area contributed by atoms with Crippen molar-refractivity contribution in [1.29, 1.82) is 0 Å². The number of carbonyl (C=O) groups is 1. The van der Waals surface area contributed by atoms with Crippen LogP contribution in [0, 0.1) is 13.8 Å². The molecule has 0 aliphatic rings. The summed E-state index contributed by atoms with van der Waals surface area (Å²) in [5, 5.41) is 11.9. The highest BCUT2D eigenvalue weighted by Gasteiger charge is 2.20. The molecule has 0 bridgehead atoms. The fraction of sp³-hybridized carbons (Fsp3) is 0.381. The van der Waals surface area contributed by atoms with Crippen molar-refractivity contribution in [2.45, 2.75) is 39.7 Å². The molecule has 2 aromatic heterocycles. The predicted molar refractivity (Wildman–Crippen MR) is 106 cm³/mol. The Kier molecular flexibility index (Phi) is 5.44. The molecule has 0 aliphatic carbocycles. The third-order valence-electron chi connectivity index (χ3n) is 5.34. The Hall–Kier alpha value is -2.89. The summed E-state index contributed by atoms with van der Waals surface area (Å²) in [5.74, 6) is 0.112. The van der Waals surface area contributed by atoms with Crippen LogP contribution >= 0.6 is 0 Å². The van der Waals surface area contributed by atoms with E-state index in [0.29, 0.717) is 12.8 Å². The molecule has 6 nitrogen and oxygen atoms in total. The molecule has 1 amide bonds. The van der Waals surface area contributed by atoms with E-state index in [9.17, 15) is 4.79 Å². The minimum atomic E-state index is -0.0708. The number of rotatable bonds is 6. The minimum Gasteiger partial charge on any atom is -0.337 e. The first-order chi connectivity index (χ1) is 12.9. The van der Waals surface area contributed by atoms with Crippen molar-refractivity contribution in [3.05, 3.63) is 59.0 Å². The monoisotopic (exact) mass is 365 g/mol. The summed E-state index contributed by atoms with van der Waals surface area (Å²) in [6, 6.07) is 12.0. The highest BCUT2D eigenvalue weighted by atomic mass is 16.2. The Morgan fingerprint density at radius 3 is 2.59 bits per heavy atom. The Morgan fingerprint density at radius 2 is 1.96 bits per heavy atom. The van der Waals surface area contributed by atoms with Crippen molar-refractivity contribution < 1.29 is 4.79 Å². The summed E-state index contributed by atoms with van der Waals surface area (Å²) in [4.78, 5) is 14.5. The van der Waals surface area contributed by atoms with Gasteiger partial charge in [0, 0.05) is 31.8 Å². The van der Waals surface area contributed by atoms with Crippen LogP contribution in [-0.2, 0) is 18.3 Å². The zero-order valence-electron chi connectivity index (χ0n) is 16.7. The first kappa shape index (κ1) is 18.9. The molecular weight excluding hydrogens is 338 g/mol. The number of amides is 1. The van der Waals surface area contributed by atoms with E-state index in [1.807, 2.05) is 75.9 Å². The molecule has 0 fully saturated rings. The van der Waals surface area contributed by atoms with E-state index in [4.69, 9.17) is 0 Å². The zero-order chi connectivity index (χ0) is 19.6. The molecule has 0 aliphatic heterocycles. The first-order valence-corrected chi connectivity index (χ1v) is 9.24. The van der Waals surface area contributed by atoms with Gasteiger partial charge in [0.1, 0.15) is 0 Å². The third-order valence-corrected chi connectivity index (χ3v) is 5.34. The quantitative estimate of drug-likeness (QED) is 0.726. The van der Waals surface area contributed by atoms with Crippen LogP contribution in [0.3, 0.4) is 0 Å². The second-order valence-corrected chi connectivity index (χ2v) is 7.03. The topological polar surface area (TPSA) is 66.8 Å². The molecule has 1 N–H and O–H groups in total. The molecule has 27 heavy (non-hydrogen) atoms. The predicted octanol–water partition coefficient (Wildman–Crippen LogP) is 3.58. The van der Waals surface area contributed by atoms with Gasteiger partial charge in [-0.25, -0.2) is 0 Å². The average molecular weight is 365 g/mol. The standard InChI is InChI=1S/C21H27N5O/c1-14-18(15(2)26(5)24-14)11-12-21(27)25(4)16(3)19-13-20(23-22-19)17-9-7-6-8-10-17/h6-10,13,16H,11-12H2,1-5H3,(H,22,23)/t16-/m1/s1. The van der Waals surface area contributed by atoms with Gasteiger partial charge in [-0.1, -0.05) is 30.3 Å². The normalized spacial score (nSPS) is 12.2. The number of benzene rings is 1. The van der Waals surface area contributed by atoms with Gasteiger partial charge >= 0.3 is 0 Å². The van der Waals surface area contributed by atoms with Gasteiger partial charge in [-0.05, 0) is 38.8 Å². The first-order valence-electron chi connectivity index (χ1n) is 9.24. The molecule has 0 saturated carbocycles. The molecular formula is C21H27N5O. The van der Waals surface area contributed by atoms with Gasteiger partial charge in [0.15, 0.2) is 0 Å². The van der Waals surface area contributed by atoms with E-state index in [2.05, 4.69) is 15.3 Å². The summed E-state index contributed by atoms with van der Waals surface area (Å²) in [6.07, 6.45) is 1.17. The van der Waals surface area contributed by atoms with Crippen molar-refractivity contribution >= 4 is 5.91 Å². The number of hydrogen-bond donors (Lipinski definition) is 1. The maximum Gasteiger partial charge on any atom is 0.223 e. The third kappa shape index (κ3) is 3.94. The van der Waals surface area contributed by atoms with Gasteiger partial charge in [0.05, 0.1) is 23.1 Å². The number of nitrogens with zero attached hydrogens (tertiary/aromatic N) is 4. The molecule has 2 heterocycles. The molecule has 3 aromatic rings. The summed E-state index contributed by atoms with van der Waals surface area (Å²) in [5.41, 5.74) is 6.17. The van der Waals surface area contributed by atoms with Crippen molar-refractivity contribution in [3.8, 4) is 11.3 Å². The molecule has 1 atom stereocenters. The number of H-pyrrole nitrogens is 1. The minimum absolute atomic E-state index is 0.0708. The number of aryl methyl sites for hydroxylation is 2. The van der Waals surface area contributed by atoms with Crippen molar-refractivity contribution in [1.82, 2.24) is 24.9 Å². The Balaban J connectivity index is 1.65. The molecule has 3 rings (SSSR count). The van der Waals surface area contributed by atoms with Gasteiger partial charge in [-0.15, -0.1) is 0 Å². The Morgan fingerprint density at radius 1 is 1.26 bits per heavy atom. The van der Waals surface area contributed by atoms with Crippen LogP contribution < -0.4 is 0 Å². The number of carbonyl (C=O) groups excluding carboxylic acids is 1. The van der Waals surface area contributed by atoms with E-state index in [0.717, 1.165) is 28.3 Å². The number of nitrogens with one attached hydrogen (secondary N) is 1. The van der Waals surface area contributed by atoms with E-state index >= 15 is 0 Å². The summed E-state index contributed by atoms with van der Waals surface area (Å²) in [7, 11) is 3.78. The highest BCUT2D eigenvalue weighted by molar-refractivity contribution is 5.76. The molecule has 142 valence electrons. The van der Waals surface area contributed by atoms with Crippen LogP contribution in [0.5, 0.6) is 0 Å². The van der Waals surface area contributed by atoms with Gasteiger partial charge in [0.2, 0.25) is 5.91 Å². The fourth-order valence-corrected chi connectivity index (χ4v) is 3.32. The second kappa shape index (κ2) is 7.78. The maximum atomic E-state index is 12.7. The van der Waals surface area contributed by atoms with Gasteiger partial charge in [-0.3, -0.25) is 14.6 Å². The van der Waals surface area contributed by atoms with Crippen molar-refractivity contribution in [2.24, 2.45) is 7.05 Å². The Labute approximate surface area is 160 Å². The lowest BCUT2D eigenvalue weighted by atomic mass is 10.1. The zero-order valence-corrected chi connectivity index (χ0v) is 16.7. The average Bonchev–Trinajstić information content (AvgIpc) is 3.25. The summed E-state index contributed by atoms with van der Waals surface area (Å²) < 4.78 is 1.87. The highest BCUT2D eigenvalue weighted by Crippen LogP contribution is 2.24. The van der Waals surface area contributed by atoms with Gasteiger partial charge < -0.3 is 4.90 Å². The largest absolute Gasteiger partial charge is 0.337 e.